The molecule has 0 aliphatic heterocycles. The Kier molecular flexibility index (Phi) is 10.8. The van der Waals surface area contributed by atoms with E-state index in [2.05, 4.69) is 93.0 Å². The van der Waals surface area contributed by atoms with E-state index in [1.165, 1.54) is 29.6 Å². The average Bonchev–Trinajstić information content (AvgIpc) is 2.44. The Morgan fingerprint density at radius 2 is 1.44 bits per heavy atom. The molecule has 158 valence electrons. The van der Waals surface area contributed by atoms with Crippen LogP contribution in [0.4, 0.5) is 0 Å². The predicted molar refractivity (Wildman–Crippen MR) is 131 cm³/mol. The zero-order valence-corrected chi connectivity index (χ0v) is 22.4. The van der Waals surface area contributed by atoms with Gasteiger partial charge >= 0.3 is 0 Å². The molecule has 0 aromatic carbocycles. The van der Waals surface area contributed by atoms with Crippen LogP contribution in [0, 0.1) is 0 Å². The van der Waals surface area contributed by atoms with E-state index in [0.29, 0.717) is 0 Å². The number of rotatable bonds is 11. The van der Waals surface area contributed by atoms with Crippen molar-refractivity contribution < 1.29 is 4.43 Å². The molecule has 0 saturated heterocycles. The van der Waals surface area contributed by atoms with Gasteiger partial charge in [-0.25, -0.2) is 0 Å². The van der Waals surface area contributed by atoms with Gasteiger partial charge in [0.15, 0.2) is 8.32 Å². The van der Waals surface area contributed by atoms with Crippen LogP contribution in [0.1, 0.15) is 67.2 Å². The molecule has 0 N–H and O–H groups in total. The van der Waals surface area contributed by atoms with Crippen molar-refractivity contribution in [3.63, 3.8) is 0 Å². The van der Waals surface area contributed by atoms with Gasteiger partial charge in [0.2, 0.25) is 0 Å². The molecule has 1 atom stereocenters. The van der Waals surface area contributed by atoms with Crippen LogP contribution in [0.15, 0.2) is 35.5 Å². The summed E-state index contributed by atoms with van der Waals surface area (Å²) in [4.78, 5) is 0. The van der Waals surface area contributed by atoms with Crippen LogP contribution in [-0.2, 0) is 4.43 Å². The fourth-order valence-electron chi connectivity index (χ4n) is 3.15. The molecule has 0 radical (unpaired) electrons. The van der Waals surface area contributed by atoms with Crippen molar-refractivity contribution in [1.82, 2.24) is 0 Å². The predicted octanol–water partition coefficient (Wildman–Crippen LogP) is 8.75. The largest absolute Gasteiger partial charge is 0.413 e. The van der Waals surface area contributed by atoms with Crippen LogP contribution in [0.2, 0.25) is 43.3 Å². The van der Waals surface area contributed by atoms with Crippen molar-refractivity contribution in [3.05, 3.63) is 35.5 Å². The normalized spacial score (nSPS) is 15.8. The monoisotopic (exact) mass is 408 g/mol. The lowest BCUT2D eigenvalue weighted by Crippen LogP contribution is -2.40. The average molecular weight is 409 g/mol. The summed E-state index contributed by atoms with van der Waals surface area (Å²) in [6.45, 7) is 30.7. The van der Waals surface area contributed by atoms with Crippen molar-refractivity contribution in [2.24, 2.45) is 0 Å². The molecule has 1 unspecified atom stereocenters. The summed E-state index contributed by atoms with van der Waals surface area (Å²) in [6, 6.07) is 0. The Balaban J connectivity index is 4.41. The lowest BCUT2D eigenvalue weighted by molar-refractivity contribution is 0.327. The third kappa shape index (κ3) is 10.7. The van der Waals surface area contributed by atoms with Crippen LogP contribution in [0.3, 0.4) is 0 Å². The van der Waals surface area contributed by atoms with E-state index >= 15 is 0 Å². The van der Waals surface area contributed by atoms with E-state index in [-0.39, 0.29) is 5.04 Å². The van der Waals surface area contributed by atoms with Gasteiger partial charge in [0.25, 0.3) is 0 Å². The molecule has 1 nitrogen and oxygen atoms in total. The number of hydrogen-bond donors (Lipinski definition) is 0. The van der Waals surface area contributed by atoms with E-state index < -0.39 is 16.4 Å². The molecule has 0 spiro atoms. The van der Waals surface area contributed by atoms with Crippen LogP contribution in [0.25, 0.3) is 0 Å². The van der Waals surface area contributed by atoms with Gasteiger partial charge in [-0.05, 0) is 70.1 Å². The van der Waals surface area contributed by atoms with Gasteiger partial charge in [-0.3, -0.25) is 0 Å². The Morgan fingerprint density at radius 1 is 0.926 bits per heavy atom. The second-order valence-corrected chi connectivity index (χ2v) is 21.3. The Labute approximate surface area is 173 Å². The number of hydrogen-bond acceptors (Lipinski definition) is 1. The molecule has 0 aromatic heterocycles. The molecular formula is C24H48OSi2. The number of allylic oxidation sites excluding steroid dienone is 4. The highest BCUT2D eigenvalue weighted by Crippen LogP contribution is 2.36. The fourth-order valence-corrected chi connectivity index (χ4v) is 6.57. The van der Waals surface area contributed by atoms with Gasteiger partial charge in [-0.15, -0.1) is 6.58 Å². The summed E-state index contributed by atoms with van der Waals surface area (Å²) in [6.07, 6.45) is 9.47. The zero-order chi connectivity index (χ0) is 21.5. The van der Waals surface area contributed by atoms with Gasteiger partial charge in [0.05, 0.1) is 14.7 Å². The Hall–Kier alpha value is -0.386. The minimum atomic E-state index is -1.63. The summed E-state index contributed by atoms with van der Waals surface area (Å²) in [5.41, 5.74) is 5.09. The van der Waals surface area contributed by atoms with Crippen molar-refractivity contribution in [2.45, 2.75) is 111 Å². The second kappa shape index (κ2) is 11.0. The first kappa shape index (κ1) is 26.6. The molecule has 0 rings (SSSR count). The van der Waals surface area contributed by atoms with Crippen LogP contribution in [-0.4, -0.2) is 23.0 Å². The summed E-state index contributed by atoms with van der Waals surface area (Å²) in [5, 5.41) is 0.284. The second-order valence-electron chi connectivity index (χ2n) is 11.0. The molecule has 0 saturated carbocycles. The summed E-state index contributed by atoms with van der Waals surface area (Å²) >= 11 is 0. The van der Waals surface area contributed by atoms with Gasteiger partial charge in [0, 0.05) is 0 Å². The highest BCUT2D eigenvalue weighted by atomic mass is 28.4. The van der Waals surface area contributed by atoms with Gasteiger partial charge < -0.3 is 4.43 Å². The van der Waals surface area contributed by atoms with E-state index in [4.69, 9.17) is 4.43 Å². The van der Waals surface area contributed by atoms with Gasteiger partial charge in [-0.1, -0.05) is 69.3 Å². The molecule has 0 fully saturated rings. The Morgan fingerprint density at radius 3 is 1.89 bits per heavy atom. The summed E-state index contributed by atoms with van der Waals surface area (Å²) < 4.78 is 6.25. The van der Waals surface area contributed by atoms with Crippen LogP contribution >= 0.6 is 0 Å². The molecule has 0 bridgehead atoms. The van der Waals surface area contributed by atoms with Crippen molar-refractivity contribution in [2.75, 3.05) is 6.61 Å². The first-order chi connectivity index (χ1) is 12.1. The molecular weight excluding hydrogens is 360 g/mol. The zero-order valence-electron chi connectivity index (χ0n) is 20.4. The van der Waals surface area contributed by atoms with E-state index in [1.807, 2.05) is 0 Å². The van der Waals surface area contributed by atoms with Crippen LogP contribution in [0.5, 0.6) is 0 Å². The highest BCUT2D eigenvalue weighted by Gasteiger charge is 2.36. The van der Waals surface area contributed by atoms with Gasteiger partial charge in [-0.2, -0.15) is 0 Å². The summed E-state index contributed by atoms with van der Waals surface area (Å²) in [7, 11) is -2.78. The quantitative estimate of drug-likeness (QED) is 0.245. The van der Waals surface area contributed by atoms with Gasteiger partial charge in [0.1, 0.15) is 0 Å². The fraction of sp³-hybridized carbons (Fsp3) is 0.750. The molecule has 0 aliphatic rings. The molecule has 3 heteroatoms. The topological polar surface area (TPSA) is 9.23 Å². The standard InChI is InChI=1S/C24H48OSi2/c1-20(2)23(26(8,9)10)17-16-21(3)14-13-15-22(4)18-19-25-27(11,12)24(5,6)7/h14,18,23H,1,13,15-17,19H2,2-12H3/b21-14+,22-18+. The lowest BCUT2D eigenvalue weighted by Gasteiger charge is -2.35. The molecule has 0 aromatic rings. The first-order valence-corrected chi connectivity index (χ1v) is 17.2. The highest BCUT2D eigenvalue weighted by molar-refractivity contribution is 6.78. The van der Waals surface area contributed by atoms with Crippen molar-refractivity contribution >= 4 is 16.4 Å². The van der Waals surface area contributed by atoms with Crippen LogP contribution < -0.4 is 0 Å². The summed E-state index contributed by atoms with van der Waals surface area (Å²) in [5.74, 6) is 0. The van der Waals surface area contributed by atoms with E-state index in [9.17, 15) is 0 Å². The van der Waals surface area contributed by atoms with E-state index in [0.717, 1.165) is 25.0 Å². The third-order valence-electron chi connectivity index (χ3n) is 6.18. The maximum atomic E-state index is 6.25. The first-order valence-electron chi connectivity index (χ1n) is 10.7. The smallest absolute Gasteiger partial charge is 0.192 e. The molecule has 0 aliphatic carbocycles. The third-order valence-corrected chi connectivity index (χ3v) is 13.6. The minimum Gasteiger partial charge on any atom is -0.413 e. The van der Waals surface area contributed by atoms with Crippen molar-refractivity contribution in [1.29, 1.82) is 0 Å². The maximum Gasteiger partial charge on any atom is 0.192 e. The molecule has 27 heavy (non-hydrogen) atoms. The Bertz CT molecular complexity index is 528. The minimum absolute atomic E-state index is 0.284. The maximum absolute atomic E-state index is 6.25. The SMILES string of the molecule is C=C(C)C(CC/C(C)=C/CC/C(C)=C/CO[Si](C)(C)C(C)(C)C)[Si](C)(C)C. The molecule has 0 amide bonds. The molecule has 0 heterocycles. The lowest BCUT2D eigenvalue weighted by atomic mass is 10.0. The van der Waals surface area contributed by atoms with Crippen molar-refractivity contribution in [3.8, 4) is 0 Å². The van der Waals surface area contributed by atoms with E-state index in [1.54, 1.807) is 0 Å².